The van der Waals surface area contributed by atoms with Crippen molar-refractivity contribution in [3.05, 3.63) is 35.7 Å². The molecule has 8 heteroatoms. The second-order valence-electron chi connectivity index (χ2n) is 4.64. The number of rotatable bonds is 3. The van der Waals surface area contributed by atoms with E-state index in [0.717, 1.165) is 18.7 Å². The van der Waals surface area contributed by atoms with Crippen LogP contribution in [0.15, 0.2) is 28.0 Å². The predicted octanol–water partition coefficient (Wildman–Crippen LogP) is 0.849. The molecule has 0 saturated heterocycles. The maximum Gasteiger partial charge on any atom is 0.300 e. The lowest BCUT2D eigenvalue weighted by molar-refractivity contribution is 0.0953. The van der Waals surface area contributed by atoms with Crippen LogP contribution in [-0.2, 0) is 23.0 Å². The summed E-state index contributed by atoms with van der Waals surface area (Å²) >= 11 is 0. The number of aryl methyl sites for hydroxylation is 2. The highest BCUT2D eigenvalue weighted by Crippen LogP contribution is 2.20. The number of imidazole rings is 1. The number of hydrogen-bond acceptors (Lipinski definition) is 5. The van der Waals surface area contributed by atoms with Gasteiger partial charge in [0.1, 0.15) is 5.82 Å². The first-order valence-corrected chi connectivity index (χ1v) is 7.63. The van der Waals surface area contributed by atoms with E-state index in [-0.39, 0.29) is 10.8 Å². The number of carbonyl (C=O) groups is 1. The Hall–Kier alpha value is -2.09. The van der Waals surface area contributed by atoms with Crippen molar-refractivity contribution >= 4 is 15.9 Å². The molecule has 0 atom stereocenters. The third-order valence-electron chi connectivity index (χ3n) is 3.25. The Kier molecular flexibility index (Phi) is 2.89. The lowest BCUT2D eigenvalue weighted by Crippen LogP contribution is -2.32. The third-order valence-corrected chi connectivity index (χ3v) is 4.59. The molecule has 1 N–H and O–H groups in total. The molecular weight excluding hydrogens is 282 g/mol. The molecular formula is C12H13N3O4S. The highest BCUT2D eigenvalue weighted by Gasteiger charge is 2.28. The fraction of sp³-hybridized carbons (Fsp3) is 0.333. The molecule has 0 saturated carbocycles. The molecule has 2 aromatic heterocycles. The van der Waals surface area contributed by atoms with Gasteiger partial charge in [-0.05, 0) is 19.4 Å². The van der Waals surface area contributed by atoms with Gasteiger partial charge in [0.05, 0.1) is 12.5 Å². The summed E-state index contributed by atoms with van der Waals surface area (Å²) in [7, 11) is -3.94. The van der Waals surface area contributed by atoms with Crippen LogP contribution in [0.25, 0.3) is 0 Å². The Labute approximate surface area is 115 Å². The van der Waals surface area contributed by atoms with Gasteiger partial charge in [0.2, 0.25) is 0 Å². The highest BCUT2D eigenvalue weighted by atomic mass is 32.2. The quantitative estimate of drug-likeness (QED) is 0.906. The Bertz CT molecular complexity index is 772. The maximum absolute atomic E-state index is 12.2. The molecule has 0 unspecified atom stereocenters. The predicted molar refractivity (Wildman–Crippen MR) is 68.6 cm³/mol. The first-order chi connectivity index (χ1) is 9.49. The second kappa shape index (κ2) is 4.48. The molecule has 106 valence electrons. The molecule has 20 heavy (non-hydrogen) atoms. The summed E-state index contributed by atoms with van der Waals surface area (Å²) in [6, 6.07) is 1.60. The van der Waals surface area contributed by atoms with Crippen molar-refractivity contribution in [3.8, 4) is 0 Å². The van der Waals surface area contributed by atoms with Crippen molar-refractivity contribution in [2.24, 2.45) is 0 Å². The molecule has 0 bridgehead atoms. The summed E-state index contributed by atoms with van der Waals surface area (Å²) < 4.78 is 33.1. The topological polar surface area (TPSA) is 94.2 Å². The molecule has 0 aromatic carbocycles. The van der Waals surface area contributed by atoms with Gasteiger partial charge in [-0.15, -0.1) is 0 Å². The molecule has 3 heterocycles. The Balaban J connectivity index is 1.90. The summed E-state index contributed by atoms with van der Waals surface area (Å²) in [5, 5.41) is 0.0163. The number of carbonyl (C=O) groups excluding carboxylic acids is 1. The molecule has 7 nitrogen and oxygen atoms in total. The Morgan fingerprint density at radius 3 is 3.00 bits per heavy atom. The molecule has 0 spiro atoms. The lowest BCUT2D eigenvalue weighted by Gasteiger charge is -2.07. The number of sulfonamides is 1. The van der Waals surface area contributed by atoms with Crippen LogP contribution in [0.4, 0.5) is 0 Å². The summed E-state index contributed by atoms with van der Waals surface area (Å²) in [5.74, 6) is -0.0530. The van der Waals surface area contributed by atoms with Gasteiger partial charge in [-0.1, -0.05) is 0 Å². The normalized spacial score (nSPS) is 14.2. The number of nitrogens with zero attached hydrogens (tertiary/aromatic N) is 2. The van der Waals surface area contributed by atoms with E-state index in [0.29, 0.717) is 12.1 Å². The minimum Gasteiger partial charge on any atom is -0.459 e. The van der Waals surface area contributed by atoms with Crippen LogP contribution >= 0.6 is 0 Å². The van der Waals surface area contributed by atoms with Crippen molar-refractivity contribution in [2.45, 2.75) is 31.3 Å². The van der Waals surface area contributed by atoms with Crippen molar-refractivity contribution in [1.82, 2.24) is 14.3 Å². The number of amides is 1. The first-order valence-electron chi connectivity index (χ1n) is 6.15. The summed E-state index contributed by atoms with van der Waals surface area (Å²) in [5.41, 5.74) is 0.580. The lowest BCUT2D eigenvalue weighted by atomic mass is 10.3. The van der Waals surface area contributed by atoms with E-state index >= 15 is 0 Å². The zero-order valence-electron chi connectivity index (χ0n) is 10.8. The zero-order valence-corrected chi connectivity index (χ0v) is 11.6. The van der Waals surface area contributed by atoms with Crippen molar-refractivity contribution < 1.29 is 17.6 Å². The smallest absolute Gasteiger partial charge is 0.300 e. The Morgan fingerprint density at radius 2 is 2.30 bits per heavy atom. The van der Waals surface area contributed by atoms with E-state index in [2.05, 4.69) is 4.98 Å². The summed E-state index contributed by atoms with van der Waals surface area (Å²) in [6.07, 6.45) is 4.23. The van der Waals surface area contributed by atoms with Gasteiger partial charge in [0.15, 0.2) is 10.8 Å². The van der Waals surface area contributed by atoms with Gasteiger partial charge >= 0.3 is 5.91 Å². The molecule has 2 aromatic rings. The van der Waals surface area contributed by atoms with E-state index < -0.39 is 15.9 Å². The van der Waals surface area contributed by atoms with Crippen LogP contribution in [0.2, 0.25) is 0 Å². The first kappa shape index (κ1) is 12.9. The molecule has 1 amide bonds. The number of hydrogen-bond donors (Lipinski definition) is 1. The molecule has 0 fully saturated rings. The van der Waals surface area contributed by atoms with Gasteiger partial charge in [-0.25, -0.2) is 9.71 Å². The van der Waals surface area contributed by atoms with E-state index in [1.54, 1.807) is 17.6 Å². The van der Waals surface area contributed by atoms with Crippen molar-refractivity contribution in [2.75, 3.05) is 0 Å². The Morgan fingerprint density at radius 1 is 1.50 bits per heavy atom. The number of aromatic nitrogens is 2. The van der Waals surface area contributed by atoms with Gasteiger partial charge in [-0.3, -0.25) is 4.79 Å². The second-order valence-corrected chi connectivity index (χ2v) is 6.26. The van der Waals surface area contributed by atoms with Crippen LogP contribution in [-0.4, -0.2) is 23.9 Å². The fourth-order valence-electron chi connectivity index (χ4n) is 2.27. The minimum absolute atomic E-state index is 0.00487. The highest BCUT2D eigenvalue weighted by molar-refractivity contribution is 7.90. The van der Waals surface area contributed by atoms with Gasteiger partial charge in [0, 0.05) is 18.5 Å². The summed E-state index contributed by atoms with van der Waals surface area (Å²) in [4.78, 5) is 16.0. The van der Waals surface area contributed by atoms with Crippen molar-refractivity contribution in [3.63, 3.8) is 0 Å². The number of nitrogens with one attached hydrogen (secondary N) is 1. The fourth-order valence-corrected chi connectivity index (χ4v) is 3.39. The zero-order chi connectivity index (χ0) is 14.3. The van der Waals surface area contributed by atoms with Crippen molar-refractivity contribution in [1.29, 1.82) is 0 Å². The standard InChI is InChI=1S/C12H13N3O4S/c1-8-4-6-19-11(8)12(16)14-20(17,18)10-7-13-9-3-2-5-15(9)10/h4,6-7H,2-3,5H2,1H3,(H,14,16). The largest absolute Gasteiger partial charge is 0.459 e. The van der Waals surface area contributed by atoms with Crippen LogP contribution in [0, 0.1) is 6.92 Å². The number of furan rings is 1. The maximum atomic E-state index is 12.2. The molecule has 1 aliphatic heterocycles. The average molecular weight is 295 g/mol. The van der Waals surface area contributed by atoms with Gasteiger partial charge in [0.25, 0.3) is 10.0 Å². The molecule has 1 aliphatic rings. The van der Waals surface area contributed by atoms with Crippen LogP contribution in [0.3, 0.4) is 0 Å². The molecule has 3 rings (SSSR count). The van der Waals surface area contributed by atoms with E-state index in [1.807, 2.05) is 4.72 Å². The molecule has 0 radical (unpaired) electrons. The average Bonchev–Trinajstić information content (AvgIpc) is 3.01. The van der Waals surface area contributed by atoms with Gasteiger partial charge in [-0.2, -0.15) is 8.42 Å². The van der Waals surface area contributed by atoms with E-state index in [1.165, 1.54) is 12.5 Å². The monoisotopic (exact) mass is 295 g/mol. The van der Waals surface area contributed by atoms with Crippen LogP contribution in [0.5, 0.6) is 0 Å². The van der Waals surface area contributed by atoms with Gasteiger partial charge < -0.3 is 8.98 Å². The number of fused-ring (bicyclic) bond motifs is 1. The third kappa shape index (κ3) is 2.01. The van der Waals surface area contributed by atoms with Crippen LogP contribution < -0.4 is 4.72 Å². The van der Waals surface area contributed by atoms with E-state index in [4.69, 9.17) is 4.42 Å². The molecule has 0 aliphatic carbocycles. The SMILES string of the molecule is Cc1ccoc1C(=O)NS(=O)(=O)c1cnc2n1CCC2. The minimum atomic E-state index is -3.94. The van der Waals surface area contributed by atoms with Crippen LogP contribution in [0.1, 0.15) is 28.4 Å². The van der Waals surface area contributed by atoms with E-state index in [9.17, 15) is 13.2 Å². The summed E-state index contributed by atoms with van der Waals surface area (Å²) in [6.45, 7) is 2.26.